The van der Waals surface area contributed by atoms with E-state index in [4.69, 9.17) is 16.3 Å². The Hall–Kier alpha value is -0.770. The second-order valence-electron chi connectivity index (χ2n) is 4.87. The zero-order valence-corrected chi connectivity index (χ0v) is 13.1. The SMILES string of the molecule is CCCNCc1ccc(Cl)cc1N(C)C(C)COC. The molecule has 0 aromatic heterocycles. The Morgan fingerprint density at radius 2 is 2.16 bits per heavy atom. The molecule has 4 heteroatoms. The second kappa shape index (κ2) is 8.41. The molecular weight excluding hydrogens is 260 g/mol. The van der Waals surface area contributed by atoms with Gasteiger partial charge in [0.2, 0.25) is 0 Å². The van der Waals surface area contributed by atoms with Crippen LogP contribution in [0.2, 0.25) is 5.02 Å². The summed E-state index contributed by atoms with van der Waals surface area (Å²) in [5.41, 5.74) is 2.43. The van der Waals surface area contributed by atoms with E-state index in [0.717, 1.165) is 24.5 Å². The van der Waals surface area contributed by atoms with Gasteiger partial charge < -0.3 is 15.0 Å². The van der Waals surface area contributed by atoms with E-state index in [-0.39, 0.29) is 0 Å². The van der Waals surface area contributed by atoms with Gasteiger partial charge in [-0.3, -0.25) is 0 Å². The van der Waals surface area contributed by atoms with Crippen LogP contribution in [0.1, 0.15) is 25.8 Å². The summed E-state index contributed by atoms with van der Waals surface area (Å²) in [6, 6.07) is 6.38. The first-order valence-corrected chi connectivity index (χ1v) is 7.18. The maximum absolute atomic E-state index is 6.13. The minimum absolute atomic E-state index is 0.313. The fourth-order valence-electron chi connectivity index (χ4n) is 2.01. The number of ether oxygens (including phenoxy) is 1. The summed E-state index contributed by atoms with van der Waals surface area (Å²) < 4.78 is 5.22. The zero-order chi connectivity index (χ0) is 14.3. The predicted octanol–water partition coefficient (Wildman–Crippen LogP) is 3.31. The molecule has 0 radical (unpaired) electrons. The van der Waals surface area contributed by atoms with Gasteiger partial charge in [-0.05, 0) is 37.6 Å². The molecule has 0 fully saturated rings. The summed E-state index contributed by atoms with van der Waals surface area (Å²) in [7, 11) is 3.81. The second-order valence-corrected chi connectivity index (χ2v) is 5.30. The molecule has 1 N–H and O–H groups in total. The van der Waals surface area contributed by atoms with Crippen LogP contribution < -0.4 is 10.2 Å². The number of anilines is 1. The average Bonchev–Trinajstić information content (AvgIpc) is 2.40. The third-order valence-electron chi connectivity index (χ3n) is 3.24. The van der Waals surface area contributed by atoms with E-state index in [9.17, 15) is 0 Å². The van der Waals surface area contributed by atoms with Crippen LogP contribution in [0, 0.1) is 0 Å². The van der Waals surface area contributed by atoms with Crippen LogP contribution >= 0.6 is 11.6 Å². The predicted molar refractivity (Wildman–Crippen MR) is 83.2 cm³/mol. The summed E-state index contributed by atoms with van der Waals surface area (Å²) in [5, 5.41) is 4.21. The lowest BCUT2D eigenvalue weighted by molar-refractivity contribution is 0.183. The lowest BCUT2D eigenvalue weighted by atomic mass is 10.1. The Balaban J connectivity index is 2.86. The average molecular weight is 285 g/mol. The van der Waals surface area contributed by atoms with Gasteiger partial charge in [0.05, 0.1) is 6.61 Å². The van der Waals surface area contributed by atoms with E-state index in [1.165, 1.54) is 11.3 Å². The molecule has 1 rings (SSSR count). The highest BCUT2D eigenvalue weighted by Gasteiger charge is 2.13. The van der Waals surface area contributed by atoms with E-state index in [0.29, 0.717) is 12.6 Å². The molecule has 19 heavy (non-hydrogen) atoms. The number of hydrogen-bond donors (Lipinski definition) is 1. The van der Waals surface area contributed by atoms with Gasteiger partial charge in [-0.15, -0.1) is 0 Å². The molecule has 0 heterocycles. The van der Waals surface area contributed by atoms with Gasteiger partial charge in [0.15, 0.2) is 0 Å². The molecule has 1 aromatic carbocycles. The highest BCUT2D eigenvalue weighted by Crippen LogP contribution is 2.25. The fraction of sp³-hybridized carbons (Fsp3) is 0.600. The molecule has 3 nitrogen and oxygen atoms in total. The number of benzene rings is 1. The van der Waals surface area contributed by atoms with E-state index >= 15 is 0 Å². The summed E-state index contributed by atoms with van der Waals surface area (Å²) in [5.74, 6) is 0. The quantitative estimate of drug-likeness (QED) is 0.741. The van der Waals surface area contributed by atoms with Crippen LogP contribution in [0.3, 0.4) is 0 Å². The summed E-state index contributed by atoms with van der Waals surface area (Å²) in [4.78, 5) is 2.22. The number of nitrogens with zero attached hydrogens (tertiary/aromatic N) is 1. The van der Waals surface area contributed by atoms with Crippen LogP contribution in [-0.2, 0) is 11.3 Å². The van der Waals surface area contributed by atoms with Crippen molar-refractivity contribution >= 4 is 17.3 Å². The molecule has 1 atom stereocenters. The van der Waals surface area contributed by atoms with Crippen molar-refractivity contribution in [3.8, 4) is 0 Å². The number of nitrogens with one attached hydrogen (secondary N) is 1. The third-order valence-corrected chi connectivity index (χ3v) is 3.47. The van der Waals surface area contributed by atoms with E-state index in [1.807, 2.05) is 12.1 Å². The molecule has 1 aromatic rings. The fourth-order valence-corrected chi connectivity index (χ4v) is 2.17. The van der Waals surface area contributed by atoms with E-state index in [1.54, 1.807) is 7.11 Å². The third kappa shape index (κ3) is 5.01. The Labute approximate surface area is 121 Å². The number of likely N-dealkylation sites (N-methyl/N-ethyl adjacent to an activating group) is 1. The number of methoxy groups -OCH3 is 1. The van der Waals surface area contributed by atoms with Crippen molar-refractivity contribution in [2.45, 2.75) is 32.9 Å². The minimum atomic E-state index is 0.313. The topological polar surface area (TPSA) is 24.5 Å². The normalized spacial score (nSPS) is 12.5. The minimum Gasteiger partial charge on any atom is -0.383 e. The van der Waals surface area contributed by atoms with Gasteiger partial charge >= 0.3 is 0 Å². The van der Waals surface area contributed by atoms with Crippen LogP contribution in [0.5, 0.6) is 0 Å². The number of hydrogen-bond acceptors (Lipinski definition) is 3. The molecule has 1 unspecified atom stereocenters. The van der Waals surface area contributed by atoms with Gasteiger partial charge in [0.25, 0.3) is 0 Å². The molecular formula is C15H25ClN2O. The van der Waals surface area contributed by atoms with Gasteiger partial charge in [-0.2, -0.15) is 0 Å². The summed E-state index contributed by atoms with van der Waals surface area (Å²) >= 11 is 6.13. The summed E-state index contributed by atoms with van der Waals surface area (Å²) in [6.45, 7) is 6.91. The van der Waals surface area contributed by atoms with Crippen molar-refractivity contribution in [2.75, 3.05) is 32.2 Å². The van der Waals surface area contributed by atoms with Crippen LogP contribution in [0.4, 0.5) is 5.69 Å². The lowest BCUT2D eigenvalue weighted by Crippen LogP contribution is -2.33. The van der Waals surface area contributed by atoms with Crippen molar-refractivity contribution in [3.05, 3.63) is 28.8 Å². The molecule has 0 spiro atoms. The Morgan fingerprint density at radius 1 is 1.42 bits per heavy atom. The first-order valence-electron chi connectivity index (χ1n) is 6.81. The Kier molecular flexibility index (Phi) is 7.21. The number of halogens is 1. The van der Waals surface area contributed by atoms with Gasteiger partial charge in [0, 0.05) is 37.5 Å². The standard InChI is InChI=1S/C15H25ClN2O/c1-5-8-17-10-13-6-7-14(16)9-15(13)18(3)12(2)11-19-4/h6-7,9,12,17H,5,8,10-11H2,1-4H3. The van der Waals surface area contributed by atoms with Gasteiger partial charge in [-0.25, -0.2) is 0 Å². The molecule has 0 aliphatic carbocycles. The lowest BCUT2D eigenvalue weighted by Gasteiger charge is -2.29. The zero-order valence-electron chi connectivity index (χ0n) is 12.4. The van der Waals surface area contributed by atoms with Crippen molar-refractivity contribution in [2.24, 2.45) is 0 Å². The van der Waals surface area contributed by atoms with E-state index < -0.39 is 0 Å². The van der Waals surface area contributed by atoms with Crippen molar-refractivity contribution in [1.82, 2.24) is 5.32 Å². The van der Waals surface area contributed by atoms with Crippen molar-refractivity contribution < 1.29 is 4.74 Å². The monoisotopic (exact) mass is 284 g/mol. The van der Waals surface area contributed by atoms with Crippen LogP contribution in [0.25, 0.3) is 0 Å². The molecule has 108 valence electrons. The number of rotatable bonds is 8. The first-order chi connectivity index (χ1) is 9.10. The van der Waals surface area contributed by atoms with Crippen molar-refractivity contribution in [3.63, 3.8) is 0 Å². The molecule has 0 aliphatic heterocycles. The molecule has 0 saturated carbocycles. The van der Waals surface area contributed by atoms with Gasteiger partial charge in [0.1, 0.15) is 0 Å². The van der Waals surface area contributed by atoms with Crippen LogP contribution in [0.15, 0.2) is 18.2 Å². The largest absolute Gasteiger partial charge is 0.383 e. The molecule has 0 bridgehead atoms. The highest BCUT2D eigenvalue weighted by atomic mass is 35.5. The molecule has 0 saturated heterocycles. The highest BCUT2D eigenvalue weighted by molar-refractivity contribution is 6.30. The van der Waals surface area contributed by atoms with Crippen LogP contribution in [-0.4, -0.2) is 33.4 Å². The first kappa shape index (κ1) is 16.3. The Bertz CT molecular complexity index is 384. The molecule has 0 aliphatic rings. The van der Waals surface area contributed by atoms with Gasteiger partial charge in [-0.1, -0.05) is 24.6 Å². The van der Waals surface area contributed by atoms with Crippen molar-refractivity contribution in [1.29, 1.82) is 0 Å². The Morgan fingerprint density at radius 3 is 2.79 bits per heavy atom. The maximum Gasteiger partial charge on any atom is 0.0663 e. The maximum atomic E-state index is 6.13. The summed E-state index contributed by atoms with van der Waals surface area (Å²) in [6.07, 6.45) is 1.14. The molecule has 0 amide bonds. The smallest absolute Gasteiger partial charge is 0.0663 e. The van der Waals surface area contributed by atoms with E-state index in [2.05, 4.69) is 37.2 Å².